The fourth-order valence-corrected chi connectivity index (χ4v) is 2.96. The lowest BCUT2D eigenvalue weighted by molar-refractivity contribution is -0.133. The van der Waals surface area contributed by atoms with Gasteiger partial charge in [0.15, 0.2) is 0 Å². The molecule has 2 aliphatic rings. The first-order valence-electron chi connectivity index (χ1n) is 8.81. The number of nitrogens with zero attached hydrogens (tertiary/aromatic N) is 1. The van der Waals surface area contributed by atoms with Crippen molar-refractivity contribution >= 4 is 17.5 Å². The molecule has 1 atom stereocenters. The fraction of sp³-hybridized carbons (Fsp3) is 0.556. The van der Waals surface area contributed by atoms with Crippen LogP contribution >= 0.6 is 0 Å². The van der Waals surface area contributed by atoms with Crippen LogP contribution in [0.2, 0.25) is 0 Å². The summed E-state index contributed by atoms with van der Waals surface area (Å²) < 4.78 is 10.7. The smallest absolute Gasteiger partial charge is 0.251 e. The number of hydrogen-bond donors (Lipinski definition) is 2. The van der Waals surface area contributed by atoms with E-state index in [1.165, 1.54) is 0 Å². The van der Waals surface area contributed by atoms with Gasteiger partial charge in [0, 0.05) is 37.5 Å². The van der Waals surface area contributed by atoms with Crippen molar-refractivity contribution in [1.82, 2.24) is 10.2 Å². The Hall–Kier alpha value is -2.12. The van der Waals surface area contributed by atoms with Crippen molar-refractivity contribution in [3.8, 4) is 0 Å². The molecule has 2 saturated heterocycles. The summed E-state index contributed by atoms with van der Waals surface area (Å²) in [6, 6.07) is 7.14. The molecular formula is C18H25N3O4. The van der Waals surface area contributed by atoms with E-state index in [0.29, 0.717) is 38.4 Å². The van der Waals surface area contributed by atoms with Gasteiger partial charge in [-0.05, 0) is 37.1 Å². The van der Waals surface area contributed by atoms with E-state index in [4.69, 9.17) is 9.47 Å². The standard InChI is InChI=1S/C18H25N3O4/c22-17(21-7-10-24-11-8-21)13-19-15-5-3-14(4-6-15)18(23)20-12-16-2-1-9-25-16/h3-6,16,19H,1-2,7-13H2,(H,20,23). The number of amides is 2. The highest BCUT2D eigenvalue weighted by atomic mass is 16.5. The van der Waals surface area contributed by atoms with Crippen molar-refractivity contribution in [1.29, 1.82) is 0 Å². The number of morpholine rings is 1. The topological polar surface area (TPSA) is 79.9 Å². The highest BCUT2D eigenvalue weighted by Crippen LogP contribution is 2.12. The van der Waals surface area contributed by atoms with Crippen LogP contribution in [0.25, 0.3) is 0 Å². The molecule has 0 aromatic heterocycles. The van der Waals surface area contributed by atoms with Crippen molar-refractivity contribution in [2.24, 2.45) is 0 Å². The summed E-state index contributed by atoms with van der Waals surface area (Å²) in [5, 5.41) is 6.00. The Labute approximate surface area is 147 Å². The SMILES string of the molecule is O=C(NCC1CCCO1)c1ccc(NCC(=O)N2CCOCC2)cc1. The average molecular weight is 347 g/mol. The van der Waals surface area contributed by atoms with Crippen molar-refractivity contribution < 1.29 is 19.1 Å². The van der Waals surface area contributed by atoms with Crippen LogP contribution in [-0.4, -0.2) is 68.8 Å². The van der Waals surface area contributed by atoms with Crippen LogP contribution in [0.3, 0.4) is 0 Å². The summed E-state index contributed by atoms with van der Waals surface area (Å²) in [6.45, 7) is 4.05. The number of carbonyl (C=O) groups excluding carboxylic acids is 2. The first-order chi connectivity index (χ1) is 12.2. The van der Waals surface area contributed by atoms with E-state index >= 15 is 0 Å². The monoisotopic (exact) mass is 347 g/mol. The van der Waals surface area contributed by atoms with Gasteiger partial charge in [0.05, 0.1) is 25.9 Å². The average Bonchev–Trinajstić information content (AvgIpc) is 3.19. The van der Waals surface area contributed by atoms with Gasteiger partial charge in [-0.3, -0.25) is 9.59 Å². The molecule has 0 spiro atoms. The minimum Gasteiger partial charge on any atom is -0.378 e. The second kappa shape index (κ2) is 8.82. The largest absolute Gasteiger partial charge is 0.378 e. The number of benzene rings is 1. The predicted octanol–water partition coefficient (Wildman–Crippen LogP) is 0.866. The van der Waals surface area contributed by atoms with Crippen LogP contribution in [0.1, 0.15) is 23.2 Å². The summed E-state index contributed by atoms with van der Waals surface area (Å²) in [4.78, 5) is 26.0. The third-order valence-corrected chi connectivity index (χ3v) is 4.47. The normalized spacial score (nSPS) is 20.3. The molecule has 2 heterocycles. The van der Waals surface area contributed by atoms with Gasteiger partial charge in [0.25, 0.3) is 5.91 Å². The van der Waals surface area contributed by atoms with Gasteiger partial charge >= 0.3 is 0 Å². The molecule has 2 aliphatic heterocycles. The maximum atomic E-state index is 12.1. The maximum absolute atomic E-state index is 12.1. The Morgan fingerprint density at radius 2 is 1.88 bits per heavy atom. The van der Waals surface area contributed by atoms with Crippen LogP contribution in [-0.2, 0) is 14.3 Å². The minimum absolute atomic E-state index is 0.0571. The lowest BCUT2D eigenvalue weighted by atomic mass is 10.2. The van der Waals surface area contributed by atoms with Crippen LogP contribution in [0.5, 0.6) is 0 Å². The van der Waals surface area contributed by atoms with Crippen molar-refractivity contribution in [2.75, 3.05) is 51.3 Å². The zero-order chi connectivity index (χ0) is 17.5. The van der Waals surface area contributed by atoms with Gasteiger partial charge in [-0.1, -0.05) is 0 Å². The number of ether oxygens (including phenoxy) is 2. The highest BCUT2D eigenvalue weighted by molar-refractivity contribution is 5.94. The number of rotatable bonds is 6. The third-order valence-electron chi connectivity index (χ3n) is 4.47. The molecule has 3 rings (SSSR count). The second-order valence-electron chi connectivity index (χ2n) is 6.27. The highest BCUT2D eigenvalue weighted by Gasteiger charge is 2.17. The molecule has 7 nitrogen and oxygen atoms in total. The Balaban J connectivity index is 1.43. The number of carbonyl (C=O) groups is 2. The van der Waals surface area contributed by atoms with E-state index in [2.05, 4.69) is 10.6 Å². The van der Waals surface area contributed by atoms with Gasteiger partial charge in [-0.25, -0.2) is 0 Å². The van der Waals surface area contributed by atoms with E-state index in [-0.39, 0.29) is 24.5 Å². The number of anilines is 1. The zero-order valence-corrected chi connectivity index (χ0v) is 14.3. The van der Waals surface area contributed by atoms with Gasteiger partial charge in [-0.15, -0.1) is 0 Å². The summed E-state index contributed by atoms with van der Waals surface area (Å²) >= 11 is 0. The fourth-order valence-electron chi connectivity index (χ4n) is 2.96. The molecule has 0 radical (unpaired) electrons. The molecule has 25 heavy (non-hydrogen) atoms. The van der Waals surface area contributed by atoms with E-state index in [1.54, 1.807) is 17.0 Å². The molecule has 2 fully saturated rings. The quantitative estimate of drug-likeness (QED) is 0.798. The predicted molar refractivity (Wildman–Crippen MR) is 93.6 cm³/mol. The molecule has 7 heteroatoms. The molecule has 136 valence electrons. The Kier molecular flexibility index (Phi) is 6.25. The molecule has 0 bridgehead atoms. The van der Waals surface area contributed by atoms with Crippen molar-refractivity contribution in [3.05, 3.63) is 29.8 Å². The molecule has 0 aliphatic carbocycles. The number of nitrogens with one attached hydrogen (secondary N) is 2. The molecule has 2 amide bonds. The first-order valence-corrected chi connectivity index (χ1v) is 8.81. The maximum Gasteiger partial charge on any atom is 0.251 e. The lowest BCUT2D eigenvalue weighted by Crippen LogP contribution is -2.43. The van der Waals surface area contributed by atoms with Crippen LogP contribution in [0.15, 0.2) is 24.3 Å². The Morgan fingerprint density at radius 3 is 2.56 bits per heavy atom. The summed E-state index contributed by atoms with van der Waals surface area (Å²) in [6.07, 6.45) is 2.20. The number of hydrogen-bond acceptors (Lipinski definition) is 5. The van der Waals surface area contributed by atoms with Crippen LogP contribution < -0.4 is 10.6 Å². The molecular weight excluding hydrogens is 322 g/mol. The summed E-state index contributed by atoms with van der Waals surface area (Å²) in [5.74, 6) is -0.0480. The Bertz CT molecular complexity index is 578. The van der Waals surface area contributed by atoms with E-state index < -0.39 is 0 Å². The molecule has 1 aromatic carbocycles. The lowest BCUT2D eigenvalue weighted by Gasteiger charge is -2.27. The van der Waals surface area contributed by atoms with Crippen LogP contribution in [0, 0.1) is 0 Å². The molecule has 1 aromatic rings. The van der Waals surface area contributed by atoms with Gasteiger partial charge in [0.2, 0.25) is 5.91 Å². The van der Waals surface area contributed by atoms with Gasteiger partial charge < -0.3 is 25.0 Å². The van der Waals surface area contributed by atoms with Gasteiger partial charge in [0.1, 0.15) is 0 Å². The second-order valence-corrected chi connectivity index (χ2v) is 6.27. The summed E-state index contributed by atoms with van der Waals surface area (Å²) in [7, 11) is 0. The van der Waals surface area contributed by atoms with Gasteiger partial charge in [-0.2, -0.15) is 0 Å². The zero-order valence-electron chi connectivity index (χ0n) is 14.3. The summed E-state index contributed by atoms with van der Waals surface area (Å²) in [5.41, 5.74) is 1.42. The first kappa shape index (κ1) is 17.7. The van der Waals surface area contributed by atoms with E-state index in [0.717, 1.165) is 25.1 Å². The van der Waals surface area contributed by atoms with Crippen molar-refractivity contribution in [3.63, 3.8) is 0 Å². The molecule has 2 N–H and O–H groups in total. The van der Waals surface area contributed by atoms with Crippen LogP contribution in [0.4, 0.5) is 5.69 Å². The minimum atomic E-state index is -0.105. The Morgan fingerprint density at radius 1 is 1.12 bits per heavy atom. The molecule has 0 saturated carbocycles. The third kappa shape index (κ3) is 5.17. The van der Waals surface area contributed by atoms with E-state index in [1.807, 2.05) is 12.1 Å². The van der Waals surface area contributed by atoms with E-state index in [9.17, 15) is 9.59 Å². The van der Waals surface area contributed by atoms with Crippen molar-refractivity contribution in [2.45, 2.75) is 18.9 Å². The molecule has 1 unspecified atom stereocenters.